The van der Waals surface area contributed by atoms with Gasteiger partial charge in [0.25, 0.3) is 0 Å². The number of amides is 1. The highest BCUT2D eigenvalue weighted by atomic mass is 32.2. The van der Waals surface area contributed by atoms with Crippen LogP contribution in [-0.2, 0) is 20.4 Å². The molecule has 0 spiro atoms. The molecule has 1 rings (SSSR count). The van der Waals surface area contributed by atoms with Gasteiger partial charge in [0.15, 0.2) is 0 Å². The van der Waals surface area contributed by atoms with Crippen molar-refractivity contribution in [3.63, 3.8) is 0 Å². The predicted molar refractivity (Wildman–Crippen MR) is 78.0 cm³/mol. The molecule has 7 heteroatoms. The van der Waals surface area contributed by atoms with E-state index in [4.69, 9.17) is 5.11 Å². The van der Waals surface area contributed by atoms with Crippen LogP contribution in [0, 0.1) is 0 Å². The Morgan fingerprint density at radius 2 is 2.15 bits per heavy atom. The number of carboxylic acids is 1. The van der Waals surface area contributed by atoms with Gasteiger partial charge in [0.1, 0.15) is 6.04 Å². The molecule has 1 amide bonds. The lowest BCUT2D eigenvalue weighted by molar-refractivity contribution is -0.140. The van der Waals surface area contributed by atoms with Crippen molar-refractivity contribution >= 4 is 22.7 Å². The van der Waals surface area contributed by atoms with Crippen LogP contribution in [-0.4, -0.2) is 63.3 Å². The molecule has 1 aliphatic rings. The first kappa shape index (κ1) is 17.1. The highest BCUT2D eigenvalue weighted by Gasteiger charge is 2.23. The maximum absolute atomic E-state index is 12.0. The fraction of sp³-hybridized carbons (Fsp3) is 0.846. The largest absolute Gasteiger partial charge is 0.480 e. The molecule has 0 bridgehead atoms. The summed E-state index contributed by atoms with van der Waals surface area (Å²) in [6, 6.07) is -0.617. The van der Waals surface area contributed by atoms with Crippen molar-refractivity contribution in [3.05, 3.63) is 0 Å². The molecule has 6 nitrogen and oxygen atoms in total. The van der Waals surface area contributed by atoms with Crippen molar-refractivity contribution in [2.24, 2.45) is 0 Å². The predicted octanol–water partition coefficient (Wildman–Crippen LogP) is 0.199. The highest BCUT2D eigenvalue weighted by Crippen LogP contribution is 2.17. The summed E-state index contributed by atoms with van der Waals surface area (Å²) in [4.78, 5) is 24.2. The van der Waals surface area contributed by atoms with Crippen molar-refractivity contribution in [2.75, 3.05) is 25.1 Å². The Bertz CT molecular complexity index is 375. The lowest BCUT2D eigenvalue weighted by Gasteiger charge is -2.32. The zero-order valence-corrected chi connectivity index (χ0v) is 12.9. The van der Waals surface area contributed by atoms with Crippen LogP contribution in [0.25, 0.3) is 0 Å². The van der Waals surface area contributed by atoms with Gasteiger partial charge in [-0.25, -0.2) is 4.79 Å². The fourth-order valence-electron chi connectivity index (χ4n) is 2.47. The quantitative estimate of drug-likeness (QED) is 0.701. The van der Waals surface area contributed by atoms with E-state index in [9.17, 15) is 13.8 Å². The SMILES string of the molecule is CC(=O)NC(CS(=O)CCC1CCCCN1C)C(=O)O. The zero-order chi connectivity index (χ0) is 15.1. The van der Waals surface area contributed by atoms with Crippen LogP contribution in [0.15, 0.2) is 0 Å². The van der Waals surface area contributed by atoms with Gasteiger partial charge in [-0.3, -0.25) is 9.00 Å². The minimum absolute atomic E-state index is 0.0225. The van der Waals surface area contributed by atoms with Crippen LogP contribution in [0.3, 0.4) is 0 Å². The monoisotopic (exact) mass is 304 g/mol. The molecule has 0 saturated carbocycles. The highest BCUT2D eigenvalue weighted by molar-refractivity contribution is 7.85. The van der Waals surface area contributed by atoms with Gasteiger partial charge in [0, 0.05) is 29.5 Å². The number of nitrogens with zero attached hydrogens (tertiary/aromatic N) is 1. The maximum atomic E-state index is 12.0. The van der Waals surface area contributed by atoms with E-state index < -0.39 is 28.7 Å². The van der Waals surface area contributed by atoms with Crippen molar-refractivity contribution < 1.29 is 18.9 Å². The van der Waals surface area contributed by atoms with E-state index in [-0.39, 0.29) is 5.75 Å². The third-order valence-electron chi connectivity index (χ3n) is 3.63. The van der Waals surface area contributed by atoms with E-state index in [1.54, 1.807) is 0 Å². The normalized spacial score (nSPS) is 23.0. The van der Waals surface area contributed by atoms with Crippen LogP contribution in [0.2, 0.25) is 0 Å². The van der Waals surface area contributed by atoms with E-state index >= 15 is 0 Å². The van der Waals surface area contributed by atoms with E-state index in [0.717, 1.165) is 19.4 Å². The molecule has 0 aromatic carbocycles. The summed E-state index contributed by atoms with van der Waals surface area (Å²) >= 11 is 0. The fourth-order valence-corrected chi connectivity index (χ4v) is 3.76. The van der Waals surface area contributed by atoms with E-state index in [1.807, 2.05) is 0 Å². The molecule has 3 unspecified atom stereocenters. The zero-order valence-electron chi connectivity index (χ0n) is 12.1. The van der Waals surface area contributed by atoms with Gasteiger partial charge in [-0.05, 0) is 32.9 Å². The number of likely N-dealkylation sites (tertiary alicyclic amines) is 1. The van der Waals surface area contributed by atoms with Crippen LogP contribution in [0.1, 0.15) is 32.6 Å². The first-order valence-corrected chi connectivity index (χ1v) is 8.44. The second-order valence-corrected chi connectivity index (χ2v) is 6.94. The van der Waals surface area contributed by atoms with E-state index in [1.165, 1.54) is 19.8 Å². The van der Waals surface area contributed by atoms with Crippen LogP contribution < -0.4 is 5.32 Å². The number of nitrogens with one attached hydrogen (secondary N) is 1. The van der Waals surface area contributed by atoms with Crippen LogP contribution in [0.4, 0.5) is 0 Å². The summed E-state index contributed by atoms with van der Waals surface area (Å²) in [6.07, 6.45) is 4.34. The molecule has 0 radical (unpaired) electrons. The Hall–Kier alpha value is -0.950. The van der Waals surface area contributed by atoms with Gasteiger partial charge in [-0.1, -0.05) is 6.42 Å². The lowest BCUT2D eigenvalue weighted by Crippen LogP contribution is -2.44. The summed E-state index contributed by atoms with van der Waals surface area (Å²) in [5, 5.41) is 11.3. The summed E-state index contributed by atoms with van der Waals surface area (Å²) in [5.41, 5.74) is 0. The maximum Gasteiger partial charge on any atom is 0.327 e. The molecule has 3 atom stereocenters. The van der Waals surface area contributed by atoms with Crippen LogP contribution >= 0.6 is 0 Å². The Labute approximate surface area is 122 Å². The molecule has 1 aliphatic heterocycles. The molecular weight excluding hydrogens is 280 g/mol. The number of carbonyl (C=O) groups is 2. The molecule has 0 aliphatic carbocycles. The van der Waals surface area contributed by atoms with Gasteiger partial charge in [-0.2, -0.15) is 0 Å². The second-order valence-electron chi connectivity index (χ2n) is 5.32. The molecule has 116 valence electrons. The molecule has 0 aromatic rings. The first-order chi connectivity index (χ1) is 9.40. The summed E-state index contributed by atoms with van der Waals surface area (Å²) in [7, 11) is 0.848. The molecular formula is C13H24N2O4S. The number of rotatable bonds is 7. The van der Waals surface area contributed by atoms with Gasteiger partial charge in [-0.15, -0.1) is 0 Å². The van der Waals surface area contributed by atoms with Crippen molar-refractivity contribution in [2.45, 2.75) is 44.7 Å². The molecule has 1 saturated heterocycles. The third-order valence-corrected chi connectivity index (χ3v) is 5.02. The summed E-state index contributed by atoms with van der Waals surface area (Å²) in [5.74, 6) is -1.09. The average molecular weight is 304 g/mol. The number of hydrogen-bond donors (Lipinski definition) is 2. The summed E-state index contributed by atoms with van der Waals surface area (Å²) < 4.78 is 12.0. The standard InChI is InChI=1S/C13H24N2O4S/c1-10(16)14-12(13(17)18)9-20(19)8-6-11-5-3-4-7-15(11)2/h11-12H,3-9H2,1-2H3,(H,14,16)(H,17,18). The molecule has 20 heavy (non-hydrogen) atoms. The lowest BCUT2D eigenvalue weighted by atomic mass is 10.0. The van der Waals surface area contributed by atoms with E-state index in [2.05, 4.69) is 17.3 Å². The molecule has 1 heterocycles. The van der Waals surface area contributed by atoms with Crippen molar-refractivity contribution in [1.29, 1.82) is 0 Å². The Balaban J connectivity index is 2.37. The number of piperidine rings is 1. The number of carbonyl (C=O) groups excluding carboxylic acids is 1. The molecule has 2 N–H and O–H groups in total. The number of aliphatic carboxylic acids is 1. The first-order valence-electron chi connectivity index (χ1n) is 6.95. The van der Waals surface area contributed by atoms with Crippen molar-refractivity contribution in [3.8, 4) is 0 Å². The second kappa shape index (κ2) is 8.36. The minimum Gasteiger partial charge on any atom is -0.480 e. The van der Waals surface area contributed by atoms with Gasteiger partial charge >= 0.3 is 5.97 Å². The van der Waals surface area contributed by atoms with Gasteiger partial charge in [0.2, 0.25) is 5.91 Å². The molecule has 1 fully saturated rings. The average Bonchev–Trinajstić information content (AvgIpc) is 2.36. The van der Waals surface area contributed by atoms with Gasteiger partial charge in [0.05, 0.1) is 5.75 Å². The van der Waals surface area contributed by atoms with E-state index in [0.29, 0.717) is 11.8 Å². The number of hydrogen-bond acceptors (Lipinski definition) is 4. The minimum atomic E-state index is -1.23. The molecule has 0 aromatic heterocycles. The Kier molecular flexibility index (Phi) is 7.15. The van der Waals surface area contributed by atoms with Crippen molar-refractivity contribution in [1.82, 2.24) is 10.2 Å². The van der Waals surface area contributed by atoms with Gasteiger partial charge < -0.3 is 15.3 Å². The topological polar surface area (TPSA) is 86.7 Å². The number of carboxylic acid groups (broad SMARTS) is 1. The van der Waals surface area contributed by atoms with Crippen LogP contribution in [0.5, 0.6) is 0 Å². The Morgan fingerprint density at radius 1 is 1.45 bits per heavy atom. The smallest absolute Gasteiger partial charge is 0.327 e. The third kappa shape index (κ3) is 6.00. The Morgan fingerprint density at radius 3 is 2.70 bits per heavy atom. The summed E-state index contributed by atoms with van der Waals surface area (Å²) in [6.45, 7) is 2.33.